The number of carbonyl (C=O) groups is 3. The summed E-state index contributed by atoms with van der Waals surface area (Å²) in [5.41, 5.74) is 0.513. The van der Waals surface area contributed by atoms with Gasteiger partial charge in [0.25, 0.3) is 0 Å². The summed E-state index contributed by atoms with van der Waals surface area (Å²) in [7, 11) is 0. The van der Waals surface area contributed by atoms with Crippen LogP contribution in [0.25, 0.3) is 0 Å². The fourth-order valence-electron chi connectivity index (χ4n) is 6.22. The summed E-state index contributed by atoms with van der Waals surface area (Å²) in [6.45, 7) is 0. The number of likely N-dealkylation sites (tertiary alicyclic amines) is 1. The second kappa shape index (κ2) is 7.28. The average molecular weight is 435 g/mol. The van der Waals surface area contributed by atoms with E-state index in [1.165, 1.54) is 0 Å². The Morgan fingerprint density at radius 2 is 1.55 bits per heavy atom. The Morgan fingerprint density at radius 1 is 0.931 bits per heavy atom. The number of hydrogen-bond donors (Lipinski definition) is 1. The van der Waals surface area contributed by atoms with Gasteiger partial charge in [-0.3, -0.25) is 19.3 Å². The molecule has 29 heavy (non-hydrogen) atoms. The molecule has 5 nitrogen and oxygen atoms in total. The number of nitrogens with one attached hydrogen (secondary N) is 1. The van der Waals surface area contributed by atoms with Gasteiger partial charge in [0, 0.05) is 12.0 Å². The molecule has 1 saturated heterocycles. The van der Waals surface area contributed by atoms with Gasteiger partial charge in [0.05, 0.1) is 27.6 Å². The fourth-order valence-corrected chi connectivity index (χ4v) is 6.57. The van der Waals surface area contributed by atoms with Crippen LogP contribution in [0.1, 0.15) is 44.9 Å². The number of fused-ring (bicyclic) bond motifs is 5. The quantitative estimate of drug-likeness (QED) is 0.710. The molecule has 1 aromatic rings. The maximum Gasteiger partial charge on any atom is 0.233 e. The van der Waals surface area contributed by atoms with Crippen LogP contribution in [0.2, 0.25) is 10.0 Å². The molecule has 3 amide bonds. The number of nitrogens with zero attached hydrogens (tertiary/aromatic N) is 1. The largest absolute Gasteiger partial charge is 0.324 e. The molecular formula is C22H24Cl2N2O3. The second-order valence-electron chi connectivity index (χ2n) is 9.03. The van der Waals surface area contributed by atoms with Crippen molar-refractivity contribution in [3.05, 3.63) is 28.2 Å². The van der Waals surface area contributed by atoms with Crippen molar-refractivity contribution in [2.75, 3.05) is 5.32 Å². The average Bonchev–Trinajstić information content (AvgIpc) is 3.39. The Hall–Kier alpha value is -1.59. The van der Waals surface area contributed by atoms with Gasteiger partial charge in [-0.25, -0.2) is 0 Å². The Morgan fingerprint density at radius 3 is 2.17 bits per heavy atom. The van der Waals surface area contributed by atoms with Gasteiger partial charge < -0.3 is 5.32 Å². The van der Waals surface area contributed by atoms with E-state index in [-0.39, 0.29) is 41.5 Å². The SMILES string of the molecule is O=C(Nc1cccc(Cl)c1Cl)C1CCC(N2C(=O)[C@@H]3[C@@H]4CC[C@H](C4)[C@@H]3C2=O)CC1. The lowest BCUT2D eigenvalue weighted by molar-refractivity contribution is -0.144. The molecule has 3 aliphatic carbocycles. The van der Waals surface area contributed by atoms with Gasteiger partial charge >= 0.3 is 0 Å². The van der Waals surface area contributed by atoms with Crippen LogP contribution in [0.15, 0.2) is 18.2 Å². The Kier molecular flexibility index (Phi) is 4.86. The highest BCUT2D eigenvalue weighted by Gasteiger charge is 2.61. The van der Waals surface area contributed by atoms with Crippen molar-refractivity contribution in [3.8, 4) is 0 Å². The van der Waals surface area contributed by atoms with Crippen molar-refractivity contribution in [1.29, 1.82) is 0 Å². The Bertz CT molecular complexity index is 853. The molecular weight excluding hydrogens is 411 g/mol. The standard InChI is InChI=1S/C22H24Cl2N2O3/c23-15-2-1-3-16(19(15)24)25-20(27)11-6-8-14(9-7-11)26-21(28)17-12-4-5-13(10-12)18(17)22(26)29/h1-3,11-14,17-18H,4-10H2,(H,25,27)/t11?,12-,13-,14?,17-,18+/m1/s1. The molecule has 154 valence electrons. The maximum atomic E-state index is 13.0. The summed E-state index contributed by atoms with van der Waals surface area (Å²) in [6, 6.07) is 5.09. The van der Waals surface area contributed by atoms with E-state index < -0.39 is 0 Å². The molecule has 7 heteroatoms. The van der Waals surface area contributed by atoms with Gasteiger partial charge in [-0.1, -0.05) is 29.3 Å². The van der Waals surface area contributed by atoms with Crippen LogP contribution in [-0.2, 0) is 14.4 Å². The number of amides is 3. The molecule has 5 rings (SSSR count). The third-order valence-corrected chi connectivity index (χ3v) is 8.42. The van der Waals surface area contributed by atoms with Crippen molar-refractivity contribution in [2.45, 2.75) is 51.0 Å². The summed E-state index contributed by atoms with van der Waals surface area (Å²) in [5.74, 6) is 0.592. The van der Waals surface area contributed by atoms with E-state index in [9.17, 15) is 14.4 Å². The van der Waals surface area contributed by atoms with E-state index in [1.807, 2.05) is 0 Å². The topological polar surface area (TPSA) is 66.5 Å². The molecule has 0 aromatic heterocycles. The maximum absolute atomic E-state index is 13.0. The van der Waals surface area contributed by atoms with Crippen LogP contribution < -0.4 is 5.32 Å². The lowest BCUT2D eigenvalue weighted by Gasteiger charge is -2.33. The molecule has 3 saturated carbocycles. The molecule has 1 aliphatic heterocycles. The first-order valence-electron chi connectivity index (χ1n) is 10.6. The van der Waals surface area contributed by atoms with Crippen LogP contribution in [0.3, 0.4) is 0 Å². The zero-order chi connectivity index (χ0) is 20.3. The zero-order valence-electron chi connectivity index (χ0n) is 16.1. The van der Waals surface area contributed by atoms with Gasteiger partial charge in [0.15, 0.2) is 0 Å². The second-order valence-corrected chi connectivity index (χ2v) is 9.81. The molecule has 4 aliphatic rings. The van der Waals surface area contributed by atoms with Crippen LogP contribution in [0.4, 0.5) is 5.69 Å². The number of carbonyl (C=O) groups excluding carboxylic acids is 3. The third-order valence-electron chi connectivity index (χ3n) is 7.60. The lowest BCUT2D eigenvalue weighted by Crippen LogP contribution is -2.44. The molecule has 0 unspecified atom stereocenters. The van der Waals surface area contributed by atoms with E-state index in [1.54, 1.807) is 23.1 Å². The van der Waals surface area contributed by atoms with E-state index in [4.69, 9.17) is 23.2 Å². The number of rotatable bonds is 3. The molecule has 4 fully saturated rings. The highest BCUT2D eigenvalue weighted by Crippen LogP contribution is 2.56. The van der Waals surface area contributed by atoms with Crippen molar-refractivity contribution in [2.24, 2.45) is 29.6 Å². The summed E-state index contributed by atoms with van der Waals surface area (Å²) < 4.78 is 0. The first kappa shape index (κ1) is 19.4. The number of halogens is 2. The van der Waals surface area contributed by atoms with Crippen molar-refractivity contribution in [1.82, 2.24) is 4.90 Å². The highest BCUT2D eigenvalue weighted by atomic mass is 35.5. The van der Waals surface area contributed by atoms with Gasteiger partial charge in [-0.2, -0.15) is 0 Å². The van der Waals surface area contributed by atoms with E-state index in [0.29, 0.717) is 53.3 Å². The summed E-state index contributed by atoms with van der Waals surface area (Å²) in [6.07, 6.45) is 5.94. The van der Waals surface area contributed by atoms with Crippen LogP contribution in [-0.4, -0.2) is 28.7 Å². The number of hydrogen-bond acceptors (Lipinski definition) is 3. The van der Waals surface area contributed by atoms with Gasteiger partial charge in [-0.15, -0.1) is 0 Å². The Balaban J connectivity index is 1.22. The molecule has 1 N–H and O–H groups in total. The first-order chi connectivity index (χ1) is 14.0. The van der Waals surface area contributed by atoms with Crippen LogP contribution in [0, 0.1) is 29.6 Å². The number of imide groups is 1. The number of anilines is 1. The summed E-state index contributed by atoms with van der Waals surface area (Å²) >= 11 is 12.2. The van der Waals surface area contributed by atoms with Crippen LogP contribution in [0.5, 0.6) is 0 Å². The molecule has 2 bridgehead atoms. The molecule has 0 radical (unpaired) electrons. The van der Waals surface area contributed by atoms with E-state index in [0.717, 1.165) is 19.3 Å². The van der Waals surface area contributed by atoms with Crippen molar-refractivity contribution >= 4 is 46.6 Å². The fraction of sp³-hybridized carbons (Fsp3) is 0.591. The monoisotopic (exact) mass is 434 g/mol. The van der Waals surface area contributed by atoms with Gasteiger partial charge in [0.1, 0.15) is 0 Å². The van der Waals surface area contributed by atoms with Gasteiger partial charge in [0.2, 0.25) is 17.7 Å². The van der Waals surface area contributed by atoms with Crippen molar-refractivity contribution in [3.63, 3.8) is 0 Å². The third kappa shape index (κ3) is 3.09. The smallest absolute Gasteiger partial charge is 0.233 e. The summed E-state index contributed by atoms with van der Waals surface area (Å²) in [5, 5.41) is 3.61. The van der Waals surface area contributed by atoms with Gasteiger partial charge in [-0.05, 0) is 68.9 Å². The molecule has 4 atom stereocenters. The van der Waals surface area contributed by atoms with E-state index >= 15 is 0 Å². The molecule has 1 aromatic carbocycles. The predicted octanol–water partition coefficient (Wildman–Crippen LogP) is 4.52. The highest BCUT2D eigenvalue weighted by molar-refractivity contribution is 6.44. The normalized spacial score (nSPS) is 35.9. The van der Waals surface area contributed by atoms with Crippen LogP contribution >= 0.6 is 23.2 Å². The number of benzene rings is 1. The molecule has 1 heterocycles. The zero-order valence-corrected chi connectivity index (χ0v) is 17.6. The summed E-state index contributed by atoms with van der Waals surface area (Å²) in [4.78, 5) is 40.3. The molecule has 0 spiro atoms. The lowest BCUT2D eigenvalue weighted by atomic mass is 9.81. The minimum absolute atomic E-state index is 0.0567. The predicted molar refractivity (Wildman–Crippen MR) is 111 cm³/mol. The first-order valence-corrected chi connectivity index (χ1v) is 11.3. The minimum atomic E-state index is -0.148. The van der Waals surface area contributed by atoms with E-state index in [2.05, 4.69) is 5.32 Å². The Labute approximate surface area is 180 Å². The van der Waals surface area contributed by atoms with Crippen molar-refractivity contribution < 1.29 is 14.4 Å². The minimum Gasteiger partial charge on any atom is -0.324 e.